The molecule has 1 saturated heterocycles. The molecule has 5 heteroatoms. The van der Waals surface area contributed by atoms with Gasteiger partial charge in [-0.1, -0.05) is 32.9 Å². The van der Waals surface area contributed by atoms with E-state index in [1.807, 2.05) is 6.07 Å². The molecule has 0 bridgehead atoms. The first kappa shape index (κ1) is 18.2. The van der Waals surface area contributed by atoms with Crippen molar-refractivity contribution in [1.29, 1.82) is 0 Å². The van der Waals surface area contributed by atoms with Crippen LogP contribution in [0.25, 0.3) is 0 Å². The van der Waals surface area contributed by atoms with Gasteiger partial charge in [-0.15, -0.1) is 0 Å². The number of rotatable bonds is 5. The average Bonchev–Trinajstić information content (AvgIpc) is 3.05. The summed E-state index contributed by atoms with van der Waals surface area (Å²) in [6.07, 6.45) is 2.10. The lowest BCUT2D eigenvalue weighted by atomic mass is 9.92. The van der Waals surface area contributed by atoms with Gasteiger partial charge >= 0.3 is 0 Å². The Morgan fingerprint density at radius 2 is 2.00 bits per heavy atom. The molecule has 0 radical (unpaired) electrons. The maximum absolute atomic E-state index is 12.1. The SMILES string of the molecule is CC(C)(C)c1ccc(=O)n(CC2CN(CCc3ccc4c(c3)CCO4)C2)n1. The lowest BCUT2D eigenvalue weighted by molar-refractivity contribution is 0.0852. The fourth-order valence-corrected chi connectivity index (χ4v) is 3.88. The van der Waals surface area contributed by atoms with Gasteiger partial charge in [-0.2, -0.15) is 5.10 Å². The molecule has 5 nitrogen and oxygen atoms in total. The van der Waals surface area contributed by atoms with E-state index in [0.29, 0.717) is 5.92 Å². The van der Waals surface area contributed by atoms with Gasteiger partial charge < -0.3 is 9.64 Å². The van der Waals surface area contributed by atoms with Crippen LogP contribution in [-0.2, 0) is 24.8 Å². The van der Waals surface area contributed by atoms with Crippen LogP contribution in [0.15, 0.2) is 35.1 Å². The summed E-state index contributed by atoms with van der Waals surface area (Å²) in [5.74, 6) is 1.57. The van der Waals surface area contributed by atoms with Crippen LogP contribution in [-0.4, -0.2) is 40.9 Å². The Morgan fingerprint density at radius 1 is 1.19 bits per heavy atom. The molecule has 0 saturated carbocycles. The first-order valence-electron chi connectivity index (χ1n) is 9.94. The fourth-order valence-electron chi connectivity index (χ4n) is 3.88. The molecule has 0 unspecified atom stereocenters. The monoisotopic (exact) mass is 367 g/mol. The van der Waals surface area contributed by atoms with Gasteiger partial charge in [-0.3, -0.25) is 4.79 Å². The number of ether oxygens (including phenoxy) is 1. The van der Waals surface area contributed by atoms with E-state index in [4.69, 9.17) is 4.74 Å². The van der Waals surface area contributed by atoms with Crippen LogP contribution < -0.4 is 10.3 Å². The second kappa shape index (κ2) is 7.12. The molecule has 144 valence electrons. The molecule has 2 aliphatic rings. The summed E-state index contributed by atoms with van der Waals surface area (Å²) in [4.78, 5) is 14.6. The molecule has 1 fully saturated rings. The van der Waals surface area contributed by atoms with Gasteiger partial charge in [0.05, 0.1) is 18.8 Å². The zero-order valence-electron chi connectivity index (χ0n) is 16.6. The molecule has 0 N–H and O–H groups in total. The first-order valence-corrected chi connectivity index (χ1v) is 9.94. The van der Waals surface area contributed by atoms with Gasteiger partial charge in [0.1, 0.15) is 5.75 Å². The van der Waals surface area contributed by atoms with Crippen molar-refractivity contribution in [2.75, 3.05) is 26.2 Å². The molecular weight excluding hydrogens is 338 g/mol. The first-order chi connectivity index (χ1) is 12.9. The predicted molar refractivity (Wildman–Crippen MR) is 106 cm³/mol. The number of likely N-dealkylation sites (tertiary alicyclic amines) is 1. The summed E-state index contributed by atoms with van der Waals surface area (Å²) in [5, 5.41) is 4.59. The van der Waals surface area contributed by atoms with Crippen LogP contribution in [0.4, 0.5) is 0 Å². The van der Waals surface area contributed by atoms with Crippen molar-refractivity contribution in [1.82, 2.24) is 14.7 Å². The Balaban J connectivity index is 1.28. The maximum atomic E-state index is 12.1. The summed E-state index contributed by atoms with van der Waals surface area (Å²) in [6, 6.07) is 10.1. The van der Waals surface area contributed by atoms with E-state index in [-0.39, 0.29) is 11.0 Å². The van der Waals surface area contributed by atoms with Crippen molar-refractivity contribution < 1.29 is 4.74 Å². The van der Waals surface area contributed by atoms with Crippen molar-refractivity contribution in [2.45, 2.75) is 45.6 Å². The highest BCUT2D eigenvalue weighted by atomic mass is 16.5. The van der Waals surface area contributed by atoms with E-state index in [2.05, 4.69) is 49.0 Å². The Bertz CT molecular complexity index is 876. The topological polar surface area (TPSA) is 47.4 Å². The van der Waals surface area contributed by atoms with Crippen LogP contribution in [0.5, 0.6) is 5.75 Å². The highest BCUT2D eigenvalue weighted by Crippen LogP contribution is 2.26. The lowest BCUT2D eigenvalue weighted by Gasteiger charge is -2.39. The predicted octanol–water partition coefficient (Wildman–Crippen LogP) is 2.65. The van der Waals surface area contributed by atoms with E-state index >= 15 is 0 Å². The molecule has 2 aliphatic heterocycles. The molecule has 0 aliphatic carbocycles. The normalized spacial score (nSPS) is 17.4. The van der Waals surface area contributed by atoms with Crippen LogP contribution in [0.2, 0.25) is 0 Å². The fraction of sp³-hybridized carbons (Fsp3) is 0.545. The molecule has 27 heavy (non-hydrogen) atoms. The van der Waals surface area contributed by atoms with Gasteiger partial charge in [-0.05, 0) is 29.7 Å². The summed E-state index contributed by atoms with van der Waals surface area (Å²) in [6.45, 7) is 11.1. The molecule has 4 rings (SSSR count). The molecule has 1 aromatic carbocycles. The van der Waals surface area contributed by atoms with Crippen LogP contribution in [0.3, 0.4) is 0 Å². The van der Waals surface area contributed by atoms with Gasteiger partial charge in [0.2, 0.25) is 0 Å². The minimum absolute atomic E-state index is 0.00168. The number of hydrogen-bond acceptors (Lipinski definition) is 4. The third-order valence-corrected chi connectivity index (χ3v) is 5.57. The van der Waals surface area contributed by atoms with E-state index < -0.39 is 0 Å². The van der Waals surface area contributed by atoms with Crippen molar-refractivity contribution in [3.63, 3.8) is 0 Å². The maximum Gasteiger partial charge on any atom is 0.266 e. The number of hydrogen-bond donors (Lipinski definition) is 0. The van der Waals surface area contributed by atoms with E-state index in [0.717, 1.165) is 57.1 Å². The molecule has 1 aromatic heterocycles. The summed E-state index contributed by atoms with van der Waals surface area (Å²) in [7, 11) is 0. The third kappa shape index (κ3) is 4.08. The highest BCUT2D eigenvalue weighted by molar-refractivity contribution is 5.39. The van der Waals surface area contributed by atoms with Gasteiger partial charge in [-0.25, -0.2) is 4.68 Å². The third-order valence-electron chi connectivity index (χ3n) is 5.57. The Hall–Kier alpha value is -2.14. The van der Waals surface area contributed by atoms with Crippen molar-refractivity contribution >= 4 is 0 Å². The number of benzene rings is 1. The lowest BCUT2D eigenvalue weighted by Crippen LogP contribution is -2.50. The zero-order chi connectivity index (χ0) is 19.0. The van der Waals surface area contributed by atoms with Crippen molar-refractivity contribution in [3.05, 3.63) is 57.5 Å². The Kier molecular flexibility index (Phi) is 4.81. The van der Waals surface area contributed by atoms with Gasteiger partial charge in [0.15, 0.2) is 0 Å². The molecular formula is C22H29N3O2. The van der Waals surface area contributed by atoms with Crippen LogP contribution in [0, 0.1) is 5.92 Å². The largest absolute Gasteiger partial charge is 0.493 e. The van der Waals surface area contributed by atoms with Gasteiger partial charge in [0, 0.05) is 43.5 Å². The highest BCUT2D eigenvalue weighted by Gasteiger charge is 2.27. The Labute approximate surface area is 161 Å². The molecule has 2 aromatic rings. The zero-order valence-corrected chi connectivity index (χ0v) is 16.6. The molecule has 0 atom stereocenters. The summed E-state index contributed by atoms with van der Waals surface area (Å²) < 4.78 is 7.23. The van der Waals surface area contributed by atoms with E-state index in [1.165, 1.54) is 11.1 Å². The van der Waals surface area contributed by atoms with E-state index in [1.54, 1.807) is 10.7 Å². The second-order valence-electron chi connectivity index (χ2n) is 8.91. The van der Waals surface area contributed by atoms with Gasteiger partial charge in [0.25, 0.3) is 5.56 Å². The number of aromatic nitrogens is 2. The van der Waals surface area contributed by atoms with Crippen LogP contribution >= 0.6 is 0 Å². The van der Waals surface area contributed by atoms with Crippen LogP contribution in [0.1, 0.15) is 37.6 Å². The molecule has 3 heterocycles. The minimum Gasteiger partial charge on any atom is -0.493 e. The quantitative estimate of drug-likeness (QED) is 0.815. The number of nitrogens with zero attached hydrogens (tertiary/aromatic N) is 3. The standard InChI is InChI=1S/C22H29N3O2/c1-22(2,3)20-6-7-21(26)25(23-20)15-17-13-24(14-17)10-8-16-4-5-19-18(12-16)9-11-27-19/h4-7,12,17H,8-11,13-15H2,1-3H3. The molecule has 0 spiro atoms. The van der Waals surface area contributed by atoms with E-state index in [9.17, 15) is 4.79 Å². The van der Waals surface area contributed by atoms with Crippen molar-refractivity contribution in [3.8, 4) is 5.75 Å². The molecule has 0 amide bonds. The Morgan fingerprint density at radius 3 is 2.78 bits per heavy atom. The average molecular weight is 367 g/mol. The smallest absolute Gasteiger partial charge is 0.266 e. The second-order valence-corrected chi connectivity index (χ2v) is 8.91. The summed E-state index contributed by atoms with van der Waals surface area (Å²) >= 11 is 0. The number of fused-ring (bicyclic) bond motifs is 1. The van der Waals surface area contributed by atoms with Crippen molar-refractivity contribution in [2.24, 2.45) is 5.92 Å². The minimum atomic E-state index is -0.0397. The summed E-state index contributed by atoms with van der Waals surface area (Å²) in [5.41, 5.74) is 3.67.